The second kappa shape index (κ2) is 5.45. The van der Waals surface area contributed by atoms with E-state index in [0.29, 0.717) is 17.6 Å². The number of fused-ring (bicyclic) bond motifs is 1. The lowest BCUT2D eigenvalue weighted by molar-refractivity contribution is 0.0876. The number of nitrogens with two attached hydrogens (primary N) is 1. The molecular weight excluding hydrogens is 290 g/mol. The van der Waals surface area contributed by atoms with Gasteiger partial charge in [0, 0.05) is 12.1 Å². The van der Waals surface area contributed by atoms with Crippen LogP contribution in [0.25, 0.3) is 5.52 Å². The van der Waals surface area contributed by atoms with E-state index in [1.54, 1.807) is 19.1 Å². The molecule has 1 atom stereocenters. The molecule has 0 aromatic carbocycles. The Morgan fingerprint density at radius 1 is 1.55 bits per heavy atom. The summed E-state index contributed by atoms with van der Waals surface area (Å²) in [5.74, 6) is 0.0209. The van der Waals surface area contributed by atoms with E-state index in [1.165, 1.54) is 4.52 Å². The second-order valence-electron chi connectivity index (χ2n) is 4.36. The first kappa shape index (κ1) is 14.9. The van der Waals surface area contributed by atoms with Gasteiger partial charge in [-0.2, -0.15) is 9.37 Å². The molecule has 0 saturated carbocycles. The Hall–Kier alpha value is -1.54. The van der Waals surface area contributed by atoms with Gasteiger partial charge in [0.2, 0.25) is 0 Å². The van der Waals surface area contributed by atoms with Crippen molar-refractivity contribution in [3.8, 4) is 0 Å². The quantitative estimate of drug-likeness (QED) is 0.688. The molecule has 2 aromatic heterocycles. The SMILES string of the molecule is C[C@H](Cc1ccc2c(N)nc(F)nn12)OCP(=O)(O)O. The second-order valence-corrected chi connectivity index (χ2v) is 5.95. The van der Waals surface area contributed by atoms with E-state index in [2.05, 4.69) is 10.1 Å². The van der Waals surface area contributed by atoms with Gasteiger partial charge in [0.1, 0.15) is 11.9 Å². The van der Waals surface area contributed by atoms with Gasteiger partial charge in [0.15, 0.2) is 5.82 Å². The van der Waals surface area contributed by atoms with Crippen molar-refractivity contribution in [2.45, 2.75) is 19.4 Å². The fraction of sp³-hybridized carbons (Fsp3) is 0.400. The maximum atomic E-state index is 13.1. The summed E-state index contributed by atoms with van der Waals surface area (Å²) in [4.78, 5) is 20.9. The van der Waals surface area contributed by atoms with Gasteiger partial charge in [-0.05, 0) is 19.1 Å². The molecule has 0 aliphatic heterocycles. The number of anilines is 1. The van der Waals surface area contributed by atoms with Gasteiger partial charge in [0.25, 0.3) is 0 Å². The Labute approximate surface area is 113 Å². The summed E-state index contributed by atoms with van der Waals surface area (Å²) in [6, 6.07) is 3.32. The molecular formula is C10H14FN4O4P. The lowest BCUT2D eigenvalue weighted by atomic mass is 10.2. The minimum absolute atomic E-state index is 0.0209. The van der Waals surface area contributed by atoms with Crippen molar-refractivity contribution in [2.75, 3.05) is 12.1 Å². The summed E-state index contributed by atoms with van der Waals surface area (Å²) in [5, 5.41) is 3.61. The Morgan fingerprint density at radius 3 is 2.90 bits per heavy atom. The average molecular weight is 304 g/mol. The molecule has 20 heavy (non-hydrogen) atoms. The van der Waals surface area contributed by atoms with Crippen molar-refractivity contribution in [3.05, 3.63) is 23.9 Å². The zero-order valence-electron chi connectivity index (χ0n) is 10.6. The van der Waals surface area contributed by atoms with Crippen LogP contribution >= 0.6 is 7.60 Å². The number of hydrogen-bond acceptors (Lipinski definition) is 5. The van der Waals surface area contributed by atoms with Gasteiger partial charge in [-0.1, -0.05) is 0 Å². The van der Waals surface area contributed by atoms with Gasteiger partial charge in [-0.25, -0.2) is 4.52 Å². The van der Waals surface area contributed by atoms with Crippen molar-refractivity contribution in [2.24, 2.45) is 0 Å². The highest BCUT2D eigenvalue weighted by Gasteiger charge is 2.17. The zero-order valence-corrected chi connectivity index (χ0v) is 11.5. The van der Waals surface area contributed by atoms with Crippen LogP contribution in [0.2, 0.25) is 0 Å². The van der Waals surface area contributed by atoms with Crippen LogP contribution in [0, 0.1) is 6.08 Å². The molecule has 10 heteroatoms. The number of hydrogen-bond donors (Lipinski definition) is 3. The fourth-order valence-electron chi connectivity index (χ4n) is 1.78. The molecule has 0 aliphatic carbocycles. The predicted molar refractivity (Wildman–Crippen MR) is 68.5 cm³/mol. The molecule has 110 valence electrons. The fourth-order valence-corrected chi connectivity index (χ4v) is 2.23. The summed E-state index contributed by atoms with van der Waals surface area (Å²) in [6.45, 7) is 1.65. The van der Waals surface area contributed by atoms with Gasteiger partial charge in [0.05, 0.1) is 6.10 Å². The largest absolute Gasteiger partial charge is 0.382 e. The number of halogens is 1. The van der Waals surface area contributed by atoms with Crippen LogP contribution in [-0.2, 0) is 15.7 Å². The van der Waals surface area contributed by atoms with Crippen LogP contribution in [0.3, 0.4) is 0 Å². The highest BCUT2D eigenvalue weighted by atomic mass is 31.2. The highest BCUT2D eigenvalue weighted by molar-refractivity contribution is 7.51. The van der Waals surface area contributed by atoms with E-state index in [0.717, 1.165) is 0 Å². The smallest absolute Gasteiger partial charge is 0.350 e. The first-order valence-corrected chi connectivity index (χ1v) is 7.52. The first-order chi connectivity index (χ1) is 9.26. The van der Waals surface area contributed by atoms with Gasteiger partial charge in [-0.15, -0.1) is 5.10 Å². The molecule has 0 saturated heterocycles. The maximum Gasteiger partial charge on any atom is 0.350 e. The molecule has 2 rings (SSSR count). The highest BCUT2D eigenvalue weighted by Crippen LogP contribution is 2.34. The average Bonchev–Trinajstić information content (AvgIpc) is 2.69. The van der Waals surface area contributed by atoms with Crippen LogP contribution in [0.5, 0.6) is 0 Å². The van der Waals surface area contributed by atoms with E-state index in [-0.39, 0.29) is 5.82 Å². The number of nitrogens with zero attached hydrogens (tertiary/aromatic N) is 3. The Balaban J connectivity index is 2.16. The van der Waals surface area contributed by atoms with Crippen molar-refractivity contribution in [1.82, 2.24) is 14.6 Å². The van der Waals surface area contributed by atoms with Crippen molar-refractivity contribution >= 4 is 18.9 Å². The van der Waals surface area contributed by atoms with Gasteiger partial charge >= 0.3 is 13.7 Å². The third kappa shape index (κ3) is 3.51. The van der Waals surface area contributed by atoms with Crippen LogP contribution < -0.4 is 5.73 Å². The number of aromatic nitrogens is 3. The normalized spacial score (nSPS) is 13.8. The van der Waals surface area contributed by atoms with E-state index < -0.39 is 26.1 Å². The Morgan fingerprint density at radius 2 is 2.25 bits per heavy atom. The summed E-state index contributed by atoms with van der Waals surface area (Å²) in [5.41, 5.74) is 6.64. The number of rotatable bonds is 5. The molecule has 0 aliphatic rings. The zero-order chi connectivity index (χ0) is 14.9. The predicted octanol–water partition coefficient (Wildman–Crippen LogP) is 0.533. The standard InChI is InChI=1S/C10H14FN4O4P/c1-6(19-5-20(16,17)18)4-7-2-3-8-9(12)13-10(11)14-15(7)8/h2-3,6H,4-5H2,1H3,(H2,12,13,14)(H2,16,17,18)/t6-/m1/s1. The lowest BCUT2D eigenvalue weighted by Crippen LogP contribution is -2.15. The molecule has 0 amide bonds. The topological polar surface area (TPSA) is 123 Å². The number of nitrogen functional groups attached to an aromatic ring is 1. The van der Waals surface area contributed by atoms with E-state index in [4.69, 9.17) is 20.3 Å². The summed E-state index contributed by atoms with van der Waals surface area (Å²) < 4.78 is 30.2. The van der Waals surface area contributed by atoms with E-state index in [1.807, 2.05) is 0 Å². The minimum atomic E-state index is -4.21. The van der Waals surface area contributed by atoms with E-state index in [9.17, 15) is 8.96 Å². The molecule has 8 nitrogen and oxygen atoms in total. The Kier molecular flexibility index (Phi) is 4.05. The molecule has 2 aromatic rings. The molecule has 0 spiro atoms. The van der Waals surface area contributed by atoms with Crippen LogP contribution in [0.4, 0.5) is 10.2 Å². The van der Waals surface area contributed by atoms with Gasteiger partial charge < -0.3 is 20.3 Å². The van der Waals surface area contributed by atoms with Crippen molar-refractivity contribution in [1.29, 1.82) is 0 Å². The van der Waals surface area contributed by atoms with Gasteiger partial charge in [-0.3, -0.25) is 4.57 Å². The first-order valence-electron chi connectivity index (χ1n) is 5.72. The van der Waals surface area contributed by atoms with E-state index >= 15 is 0 Å². The molecule has 0 unspecified atom stereocenters. The molecule has 0 radical (unpaired) electrons. The molecule has 2 heterocycles. The van der Waals surface area contributed by atoms with Crippen molar-refractivity contribution < 1.29 is 23.5 Å². The van der Waals surface area contributed by atoms with Crippen molar-refractivity contribution in [3.63, 3.8) is 0 Å². The summed E-state index contributed by atoms with van der Waals surface area (Å²) in [6.07, 6.45) is -1.79. The molecule has 0 bridgehead atoms. The maximum absolute atomic E-state index is 13.1. The van der Waals surface area contributed by atoms with Crippen LogP contribution in [-0.4, -0.2) is 36.8 Å². The third-order valence-electron chi connectivity index (χ3n) is 2.62. The van der Waals surface area contributed by atoms with Crippen LogP contribution in [0.15, 0.2) is 12.1 Å². The summed E-state index contributed by atoms with van der Waals surface area (Å²) >= 11 is 0. The molecule has 0 fully saturated rings. The minimum Gasteiger partial charge on any atom is -0.382 e. The third-order valence-corrected chi connectivity index (χ3v) is 3.10. The Bertz CT molecular complexity index is 671. The lowest BCUT2D eigenvalue weighted by Gasteiger charge is -2.13. The monoisotopic (exact) mass is 304 g/mol. The summed E-state index contributed by atoms with van der Waals surface area (Å²) in [7, 11) is -4.21. The molecule has 4 N–H and O–H groups in total. The van der Waals surface area contributed by atoms with Crippen LogP contribution in [0.1, 0.15) is 12.6 Å². The number of ether oxygens (including phenoxy) is 1.